The van der Waals surface area contributed by atoms with Gasteiger partial charge in [0.25, 0.3) is 0 Å². The lowest BCUT2D eigenvalue weighted by Gasteiger charge is -1.90. The molecule has 0 aromatic heterocycles. The molecule has 0 bridgehead atoms. The Labute approximate surface area is 71.0 Å². The molecular formula is C9H8ClN. The third-order valence-corrected chi connectivity index (χ3v) is 1.45. The summed E-state index contributed by atoms with van der Waals surface area (Å²) in [4.78, 5) is 3.87. The minimum atomic E-state index is 0.737. The molecule has 0 unspecified atom stereocenters. The van der Waals surface area contributed by atoms with E-state index in [2.05, 4.69) is 11.6 Å². The third-order valence-electron chi connectivity index (χ3n) is 1.20. The average molecular weight is 166 g/mol. The van der Waals surface area contributed by atoms with E-state index >= 15 is 0 Å². The van der Waals surface area contributed by atoms with Gasteiger partial charge in [-0.2, -0.15) is 0 Å². The van der Waals surface area contributed by atoms with Crippen molar-refractivity contribution in [1.29, 1.82) is 0 Å². The zero-order chi connectivity index (χ0) is 8.10. The van der Waals surface area contributed by atoms with Gasteiger partial charge in [-0.05, 0) is 17.7 Å². The van der Waals surface area contributed by atoms with Crippen molar-refractivity contribution in [2.45, 2.75) is 0 Å². The third kappa shape index (κ3) is 2.56. The first-order valence-electron chi connectivity index (χ1n) is 3.22. The van der Waals surface area contributed by atoms with Crippen LogP contribution in [-0.4, -0.2) is 6.21 Å². The van der Waals surface area contributed by atoms with Gasteiger partial charge >= 0.3 is 0 Å². The maximum atomic E-state index is 5.68. The fourth-order valence-corrected chi connectivity index (χ4v) is 0.814. The highest BCUT2D eigenvalue weighted by atomic mass is 35.5. The van der Waals surface area contributed by atoms with Crippen LogP contribution in [0.4, 0.5) is 0 Å². The predicted molar refractivity (Wildman–Crippen MR) is 49.2 cm³/mol. The highest BCUT2D eigenvalue weighted by Gasteiger charge is 1.86. The number of halogens is 1. The van der Waals surface area contributed by atoms with Gasteiger partial charge in [0.1, 0.15) is 0 Å². The van der Waals surface area contributed by atoms with E-state index in [0.29, 0.717) is 0 Å². The number of rotatable bonds is 2. The van der Waals surface area contributed by atoms with Gasteiger partial charge in [0.2, 0.25) is 0 Å². The maximum absolute atomic E-state index is 5.68. The Bertz CT molecular complexity index is 261. The molecule has 0 heterocycles. The van der Waals surface area contributed by atoms with Crippen LogP contribution in [0.2, 0.25) is 5.02 Å². The Morgan fingerprint density at radius 1 is 1.27 bits per heavy atom. The lowest BCUT2D eigenvalue weighted by Crippen LogP contribution is -1.77. The molecule has 0 spiro atoms. The molecule has 1 rings (SSSR count). The molecule has 0 atom stereocenters. The van der Waals surface area contributed by atoms with Crippen LogP contribution >= 0.6 is 11.6 Å². The van der Waals surface area contributed by atoms with Gasteiger partial charge in [0.15, 0.2) is 0 Å². The van der Waals surface area contributed by atoms with E-state index in [4.69, 9.17) is 11.6 Å². The quantitative estimate of drug-likeness (QED) is 0.598. The molecule has 1 aromatic carbocycles. The van der Waals surface area contributed by atoms with Crippen molar-refractivity contribution in [2.24, 2.45) is 4.99 Å². The van der Waals surface area contributed by atoms with Crippen molar-refractivity contribution in [2.75, 3.05) is 0 Å². The Balaban J connectivity index is 2.81. The summed E-state index contributed by atoms with van der Waals surface area (Å²) in [5.41, 5.74) is 1.02. The summed E-state index contributed by atoms with van der Waals surface area (Å²) in [6, 6.07) is 7.45. The first-order chi connectivity index (χ1) is 5.33. The molecule has 1 aromatic rings. The molecule has 0 radical (unpaired) electrons. The molecular weight excluding hydrogens is 158 g/mol. The van der Waals surface area contributed by atoms with E-state index in [-0.39, 0.29) is 0 Å². The Morgan fingerprint density at radius 2 is 1.91 bits per heavy atom. The fourth-order valence-electron chi connectivity index (χ4n) is 0.688. The van der Waals surface area contributed by atoms with E-state index in [0.717, 1.165) is 10.6 Å². The van der Waals surface area contributed by atoms with Gasteiger partial charge in [-0.3, -0.25) is 4.99 Å². The van der Waals surface area contributed by atoms with Crippen LogP contribution in [0.5, 0.6) is 0 Å². The second kappa shape index (κ2) is 3.94. The Kier molecular flexibility index (Phi) is 2.87. The van der Waals surface area contributed by atoms with E-state index in [1.54, 1.807) is 6.21 Å². The molecule has 56 valence electrons. The van der Waals surface area contributed by atoms with Crippen LogP contribution in [0.1, 0.15) is 5.56 Å². The fraction of sp³-hybridized carbons (Fsp3) is 0. The van der Waals surface area contributed by atoms with Crippen LogP contribution in [-0.2, 0) is 0 Å². The second-order valence-electron chi connectivity index (χ2n) is 2.01. The first kappa shape index (κ1) is 8.02. The first-order valence-corrected chi connectivity index (χ1v) is 3.60. The molecule has 1 nitrogen and oxygen atoms in total. The van der Waals surface area contributed by atoms with Crippen molar-refractivity contribution < 1.29 is 0 Å². The van der Waals surface area contributed by atoms with E-state index in [1.807, 2.05) is 24.3 Å². The molecule has 0 aliphatic heterocycles. The monoisotopic (exact) mass is 165 g/mol. The van der Waals surface area contributed by atoms with Gasteiger partial charge in [-0.1, -0.05) is 30.3 Å². The average Bonchev–Trinajstić information content (AvgIpc) is 2.04. The number of aliphatic imine (C=N–C) groups is 1. The van der Waals surface area contributed by atoms with Gasteiger partial charge in [0, 0.05) is 17.4 Å². The largest absolute Gasteiger partial charge is 0.265 e. The van der Waals surface area contributed by atoms with Crippen molar-refractivity contribution in [3.8, 4) is 0 Å². The zero-order valence-corrected chi connectivity index (χ0v) is 6.75. The number of hydrogen-bond donors (Lipinski definition) is 0. The van der Waals surface area contributed by atoms with Crippen molar-refractivity contribution in [3.05, 3.63) is 47.6 Å². The van der Waals surface area contributed by atoms with Crippen LogP contribution in [0, 0.1) is 0 Å². The van der Waals surface area contributed by atoms with E-state index < -0.39 is 0 Å². The molecule has 0 amide bonds. The Hall–Kier alpha value is -1.08. The lowest BCUT2D eigenvalue weighted by atomic mass is 10.2. The summed E-state index contributed by atoms with van der Waals surface area (Å²) in [5.74, 6) is 0. The number of hydrogen-bond acceptors (Lipinski definition) is 1. The molecule has 0 aliphatic carbocycles. The number of benzene rings is 1. The zero-order valence-electron chi connectivity index (χ0n) is 6.00. The van der Waals surface area contributed by atoms with Gasteiger partial charge in [-0.25, -0.2) is 0 Å². The summed E-state index contributed by atoms with van der Waals surface area (Å²) in [6.45, 7) is 3.47. The number of nitrogens with zero attached hydrogens (tertiary/aromatic N) is 1. The van der Waals surface area contributed by atoms with Crippen molar-refractivity contribution in [1.82, 2.24) is 0 Å². The smallest absolute Gasteiger partial charge is 0.0406 e. The van der Waals surface area contributed by atoms with Crippen LogP contribution < -0.4 is 0 Å². The van der Waals surface area contributed by atoms with Crippen molar-refractivity contribution in [3.63, 3.8) is 0 Å². The summed E-state index contributed by atoms with van der Waals surface area (Å²) in [6.07, 6.45) is 3.22. The molecule has 0 saturated carbocycles. The highest BCUT2D eigenvalue weighted by molar-refractivity contribution is 6.30. The topological polar surface area (TPSA) is 12.4 Å². The summed E-state index contributed by atoms with van der Waals surface area (Å²) >= 11 is 5.68. The normalized spacial score (nSPS) is 10.3. The van der Waals surface area contributed by atoms with Gasteiger partial charge < -0.3 is 0 Å². The molecule has 0 N–H and O–H groups in total. The summed E-state index contributed by atoms with van der Waals surface area (Å²) in [7, 11) is 0. The van der Waals surface area contributed by atoms with E-state index in [1.165, 1.54) is 6.20 Å². The lowest BCUT2D eigenvalue weighted by molar-refractivity contribution is 1.58. The molecule has 2 heteroatoms. The van der Waals surface area contributed by atoms with Crippen LogP contribution in [0.3, 0.4) is 0 Å². The maximum Gasteiger partial charge on any atom is 0.0406 e. The van der Waals surface area contributed by atoms with Gasteiger partial charge in [0.05, 0.1) is 0 Å². The highest BCUT2D eigenvalue weighted by Crippen LogP contribution is 2.07. The molecule has 0 aliphatic rings. The minimum Gasteiger partial charge on any atom is -0.265 e. The van der Waals surface area contributed by atoms with Crippen LogP contribution in [0.15, 0.2) is 42.0 Å². The van der Waals surface area contributed by atoms with Gasteiger partial charge in [-0.15, -0.1) is 0 Å². The standard InChI is InChI=1S/C9H8ClN/c1-2-11-7-8-3-5-9(10)6-4-8/h2-7H,1H2. The predicted octanol–water partition coefficient (Wildman–Crippen LogP) is 2.90. The molecule has 0 saturated heterocycles. The summed E-state index contributed by atoms with van der Waals surface area (Å²) in [5, 5.41) is 0.737. The second-order valence-corrected chi connectivity index (χ2v) is 2.45. The van der Waals surface area contributed by atoms with Crippen molar-refractivity contribution >= 4 is 17.8 Å². The molecule has 11 heavy (non-hydrogen) atoms. The van der Waals surface area contributed by atoms with E-state index in [9.17, 15) is 0 Å². The Morgan fingerprint density at radius 3 is 2.45 bits per heavy atom. The summed E-state index contributed by atoms with van der Waals surface area (Å²) < 4.78 is 0. The minimum absolute atomic E-state index is 0.737. The van der Waals surface area contributed by atoms with Crippen LogP contribution in [0.25, 0.3) is 0 Å². The molecule has 0 fully saturated rings. The SMILES string of the molecule is C=CN=Cc1ccc(Cl)cc1.